The van der Waals surface area contributed by atoms with Gasteiger partial charge >= 0.3 is 5.97 Å². The van der Waals surface area contributed by atoms with E-state index in [9.17, 15) is 19.7 Å². The van der Waals surface area contributed by atoms with Crippen molar-refractivity contribution >= 4 is 23.3 Å². The summed E-state index contributed by atoms with van der Waals surface area (Å²) in [5.41, 5.74) is 1.23. The second kappa shape index (κ2) is 9.71. The van der Waals surface area contributed by atoms with Gasteiger partial charge < -0.3 is 14.9 Å². The second-order valence-electron chi connectivity index (χ2n) is 8.29. The molecule has 0 radical (unpaired) electrons. The molecule has 1 heterocycles. The first-order valence-electron chi connectivity index (χ1n) is 10.1. The Labute approximate surface area is 171 Å². The molecular weight excluding hydrogens is 374 g/mol. The van der Waals surface area contributed by atoms with Crippen LogP contribution in [0.5, 0.6) is 0 Å². The molecule has 1 atom stereocenters. The number of carbonyl (C=O) groups excluding carboxylic acids is 1. The van der Waals surface area contributed by atoms with E-state index in [0.29, 0.717) is 36.8 Å². The van der Waals surface area contributed by atoms with Crippen LogP contribution in [0, 0.1) is 16.0 Å². The number of nitro benzene ring substituents is 1. The molecule has 1 amide bonds. The van der Waals surface area contributed by atoms with E-state index in [4.69, 9.17) is 5.11 Å². The number of likely N-dealkylation sites (tertiary alicyclic amines) is 1. The molecular formula is C21H31N3O5. The van der Waals surface area contributed by atoms with Gasteiger partial charge in [0.1, 0.15) is 5.69 Å². The molecule has 160 valence electrons. The smallest absolute Gasteiger partial charge is 0.303 e. The zero-order chi connectivity index (χ0) is 21.7. The maximum absolute atomic E-state index is 11.8. The first-order chi connectivity index (χ1) is 13.6. The number of carbonyl (C=O) groups is 2. The number of carboxylic acids is 1. The van der Waals surface area contributed by atoms with Crippen LogP contribution in [-0.2, 0) is 9.59 Å². The highest BCUT2D eigenvalue weighted by atomic mass is 16.6. The quantitative estimate of drug-likeness (QED) is 0.523. The largest absolute Gasteiger partial charge is 0.481 e. The molecule has 8 heteroatoms. The van der Waals surface area contributed by atoms with Gasteiger partial charge in [0.2, 0.25) is 5.91 Å². The molecule has 1 N–H and O–H groups in total. The minimum atomic E-state index is -0.928. The molecule has 0 saturated carbocycles. The Balaban J connectivity index is 2.36. The molecule has 1 aromatic rings. The molecule has 0 spiro atoms. The molecule has 0 aromatic heterocycles. The molecule has 8 nitrogen and oxygen atoms in total. The van der Waals surface area contributed by atoms with E-state index in [0.717, 1.165) is 12.8 Å². The number of nitro groups is 1. The van der Waals surface area contributed by atoms with Crippen LogP contribution in [-0.4, -0.2) is 52.5 Å². The number of hydrogen-bond donors (Lipinski definition) is 1. The fourth-order valence-electron chi connectivity index (χ4n) is 3.95. The Morgan fingerprint density at radius 3 is 2.38 bits per heavy atom. The van der Waals surface area contributed by atoms with Crippen LogP contribution in [0.15, 0.2) is 18.2 Å². The van der Waals surface area contributed by atoms with E-state index in [-0.39, 0.29) is 34.9 Å². The molecule has 1 fully saturated rings. The first kappa shape index (κ1) is 22.6. The van der Waals surface area contributed by atoms with Crippen LogP contribution in [0.25, 0.3) is 0 Å². The molecule has 1 aromatic carbocycles. The maximum Gasteiger partial charge on any atom is 0.303 e. The van der Waals surface area contributed by atoms with Gasteiger partial charge in [0.05, 0.1) is 11.3 Å². The Morgan fingerprint density at radius 1 is 1.28 bits per heavy atom. The Bertz CT molecular complexity index is 757. The van der Waals surface area contributed by atoms with Crippen molar-refractivity contribution in [3.8, 4) is 0 Å². The van der Waals surface area contributed by atoms with Crippen LogP contribution in [0.4, 0.5) is 11.4 Å². The number of anilines is 1. The summed E-state index contributed by atoms with van der Waals surface area (Å²) in [7, 11) is 0. The zero-order valence-electron chi connectivity index (χ0n) is 17.6. The van der Waals surface area contributed by atoms with Gasteiger partial charge in [0.25, 0.3) is 5.69 Å². The van der Waals surface area contributed by atoms with E-state index in [2.05, 4.69) is 18.7 Å². The number of hydrogen-bond acceptors (Lipinski definition) is 5. The predicted octanol–water partition coefficient (Wildman–Crippen LogP) is 3.65. The second-order valence-corrected chi connectivity index (χ2v) is 8.29. The lowest BCUT2D eigenvalue weighted by molar-refractivity contribution is -0.384. The third-order valence-electron chi connectivity index (χ3n) is 5.47. The third kappa shape index (κ3) is 5.92. The molecule has 1 saturated heterocycles. The van der Waals surface area contributed by atoms with Gasteiger partial charge in [-0.25, -0.2) is 0 Å². The highest BCUT2D eigenvalue weighted by Gasteiger charge is 2.30. The number of amides is 1. The van der Waals surface area contributed by atoms with E-state index < -0.39 is 5.97 Å². The molecule has 1 aliphatic heterocycles. The summed E-state index contributed by atoms with van der Waals surface area (Å²) < 4.78 is 0. The Kier molecular flexibility index (Phi) is 7.59. The van der Waals surface area contributed by atoms with Gasteiger partial charge in [0.15, 0.2) is 0 Å². The summed E-state index contributed by atoms with van der Waals surface area (Å²) in [5.74, 6) is -0.867. The van der Waals surface area contributed by atoms with Crippen molar-refractivity contribution < 1.29 is 19.6 Å². The molecule has 29 heavy (non-hydrogen) atoms. The van der Waals surface area contributed by atoms with Crippen molar-refractivity contribution in [1.82, 2.24) is 4.90 Å². The van der Waals surface area contributed by atoms with Crippen molar-refractivity contribution in [3.05, 3.63) is 33.9 Å². The van der Waals surface area contributed by atoms with Crippen molar-refractivity contribution in [2.45, 2.75) is 58.9 Å². The van der Waals surface area contributed by atoms with Crippen molar-refractivity contribution in [1.29, 1.82) is 0 Å². The average molecular weight is 405 g/mol. The van der Waals surface area contributed by atoms with E-state index in [1.54, 1.807) is 26.0 Å². The normalized spacial score (nSPS) is 16.0. The minimum Gasteiger partial charge on any atom is -0.481 e. The fourth-order valence-corrected chi connectivity index (χ4v) is 3.95. The highest BCUT2D eigenvalue weighted by Crippen LogP contribution is 2.35. The summed E-state index contributed by atoms with van der Waals surface area (Å²) in [6.45, 7) is 9.45. The number of piperidine rings is 1. The van der Waals surface area contributed by atoms with Crippen LogP contribution in [0.3, 0.4) is 0 Å². The average Bonchev–Trinajstić information content (AvgIpc) is 2.65. The fraction of sp³-hybridized carbons (Fsp3) is 0.619. The summed E-state index contributed by atoms with van der Waals surface area (Å²) in [6.07, 6.45) is 1.46. The number of rotatable bonds is 8. The van der Waals surface area contributed by atoms with Gasteiger partial charge in [0, 0.05) is 38.7 Å². The van der Waals surface area contributed by atoms with Gasteiger partial charge in [-0.2, -0.15) is 0 Å². The first-order valence-corrected chi connectivity index (χ1v) is 10.1. The van der Waals surface area contributed by atoms with E-state index in [1.807, 2.05) is 4.90 Å². The third-order valence-corrected chi connectivity index (χ3v) is 5.47. The minimum absolute atomic E-state index is 0.00869. The summed E-state index contributed by atoms with van der Waals surface area (Å²) in [6, 6.07) is 5.19. The lowest BCUT2D eigenvalue weighted by Gasteiger charge is -2.40. The number of benzene rings is 1. The number of nitrogens with zero attached hydrogens (tertiary/aromatic N) is 3. The molecule has 0 aliphatic carbocycles. The molecule has 1 aliphatic rings. The Morgan fingerprint density at radius 2 is 1.90 bits per heavy atom. The van der Waals surface area contributed by atoms with Crippen LogP contribution >= 0.6 is 0 Å². The SMILES string of the molecule is CC(=O)N1CCC(N(CC(C)C)c2ccc(C(C)CC(=O)O)cc2[N+](=O)[O-])CC1. The van der Waals surface area contributed by atoms with Crippen molar-refractivity contribution in [3.63, 3.8) is 0 Å². The van der Waals surface area contributed by atoms with Crippen LogP contribution in [0.1, 0.15) is 58.4 Å². The topological polar surface area (TPSA) is 104 Å². The lowest BCUT2D eigenvalue weighted by Crippen LogP contribution is -2.47. The number of carboxylic acid groups (broad SMARTS) is 1. The summed E-state index contributed by atoms with van der Waals surface area (Å²) in [4.78, 5) is 38.0. The lowest BCUT2D eigenvalue weighted by atomic mass is 9.95. The van der Waals surface area contributed by atoms with Gasteiger partial charge in [-0.05, 0) is 36.3 Å². The maximum atomic E-state index is 11.8. The summed E-state index contributed by atoms with van der Waals surface area (Å²) >= 11 is 0. The van der Waals surface area contributed by atoms with Gasteiger partial charge in [-0.3, -0.25) is 19.7 Å². The monoisotopic (exact) mass is 405 g/mol. The molecule has 0 bridgehead atoms. The Hall–Kier alpha value is -2.64. The molecule has 1 unspecified atom stereocenters. The standard InChI is InChI=1S/C21H31N3O5/c1-14(2)13-23(18-7-9-22(10-8-18)16(4)25)19-6-5-17(12-20(19)24(28)29)15(3)11-21(26)27/h5-6,12,14-15,18H,7-11,13H2,1-4H3,(H,26,27). The predicted molar refractivity (Wildman–Crippen MR) is 111 cm³/mol. The van der Waals surface area contributed by atoms with Crippen LogP contribution < -0.4 is 4.90 Å². The summed E-state index contributed by atoms with van der Waals surface area (Å²) in [5, 5.41) is 20.9. The van der Waals surface area contributed by atoms with Crippen LogP contribution in [0.2, 0.25) is 0 Å². The molecule has 2 rings (SSSR count). The number of aliphatic carboxylic acids is 1. The van der Waals surface area contributed by atoms with Gasteiger partial charge in [-0.15, -0.1) is 0 Å². The van der Waals surface area contributed by atoms with E-state index in [1.165, 1.54) is 6.07 Å². The van der Waals surface area contributed by atoms with Gasteiger partial charge in [-0.1, -0.05) is 26.8 Å². The van der Waals surface area contributed by atoms with Crippen molar-refractivity contribution in [2.75, 3.05) is 24.5 Å². The zero-order valence-corrected chi connectivity index (χ0v) is 17.6. The van der Waals surface area contributed by atoms with Crippen molar-refractivity contribution in [2.24, 2.45) is 5.92 Å². The van der Waals surface area contributed by atoms with E-state index >= 15 is 0 Å². The highest BCUT2D eigenvalue weighted by molar-refractivity contribution is 5.73.